The Morgan fingerprint density at radius 1 is 0.622 bits per heavy atom. The summed E-state index contributed by atoms with van der Waals surface area (Å²) in [7, 11) is 0. The molecule has 0 N–H and O–H groups in total. The van der Waals surface area contributed by atoms with Gasteiger partial charge in [0.2, 0.25) is 0 Å². The molecule has 0 amide bonds. The van der Waals surface area contributed by atoms with Crippen molar-refractivity contribution in [1.82, 2.24) is 0 Å². The fourth-order valence-corrected chi connectivity index (χ4v) is 5.00. The maximum atomic E-state index is 6.62. The second-order valence-corrected chi connectivity index (χ2v) is 11.7. The minimum absolute atomic E-state index is 0.225. The molecule has 1 rings (SSSR count). The smallest absolute Gasteiger partial charge is 0.285 e. The third kappa shape index (κ3) is 14.5. The van der Waals surface area contributed by atoms with E-state index in [0.717, 1.165) is 64.2 Å². The lowest BCUT2D eigenvalue weighted by molar-refractivity contribution is -0.407. The number of unbranched alkanes of at least 4 members (excludes halogenated alkanes) is 8. The van der Waals surface area contributed by atoms with Crippen molar-refractivity contribution in [2.45, 2.75) is 148 Å². The Morgan fingerprint density at radius 3 is 1.59 bits per heavy atom. The van der Waals surface area contributed by atoms with Crippen LogP contribution in [0.5, 0.6) is 0 Å². The van der Waals surface area contributed by atoms with E-state index in [1.54, 1.807) is 0 Å². The predicted molar refractivity (Wildman–Crippen MR) is 164 cm³/mol. The first-order chi connectivity index (χ1) is 18.1. The molecule has 0 aromatic heterocycles. The molecule has 1 aromatic rings. The highest BCUT2D eigenvalue weighted by Gasteiger charge is 2.42. The van der Waals surface area contributed by atoms with E-state index in [4.69, 9.17) is 14.2 Å². The first-order valence-electron chi connectivity index (χ1n) is 15.7. The lowest BCUT2D eigenvalue weighted by Gasteiger charge is -2.40. The summed E-state index contributed by atoms with van der Waals surface area (Å²) in [6.45, 7) is 13.2. The number of alkyl halides is 1. The Hall–Kier alpha value is -0.420. The van der Waals surface area contributed by atoms with E-state index in [-0.39, 0.29) is 5.92 Å². The molecule has 0 fully saturated rings. The minimum Gasteiger partial charge on any atom is -0.327 e. The predicted octanol–water partition coefficient (Wildman–Crippen LogP) is 10.9. The summed E-state index contributed by atoms with van der Waals surface area (Å²) in [4.78, 5) is 0.431. The maximum Gasteiger partial charge on any atom is 0.285 e. The third-order valence-electron chi connectivity index (χ3n) is 7.29. The first kappa shape index (κ1) is 34.6. The number of rotatable bonds is 25. The van der Waals surface area contributed by atoms with Crippen molar-refractivity contribution in [2.75, 3.05) is 19.8 Å². The Bertz CT molecular complexity index is 606. The standard InChI is InChI=1S/C33H59BrO3/c1-6-11-15-16-17-18-19-31(25-22-29-20-23-30(24-21-29)32(34)10-5)33(35-26-12-7-2,36-27-13-8-3)37-28-14-9-4/h20-21,23-24,31-32H,6-19,22,25-28H2,1-5H3. The largest absolute Gasteiger partial charge is 0.327 e. The minimum atomic E-state index is -0.925. The van der Waals surface area contributed by atoms with Crippen LogP contribution in [0, 0.1) is 5.92 Å². The lowest BCUT2D eigenvalue weighted by Crippen LogP contribution is -2.47. The van der Waals surface area contributed by atoms with Gasteiger partial charge in [-0.25, -0.2) is 0 Å². The highest BCUT2D eigenvalue weighted by atomic mass is 79.9. The molecular weight excluding hydrogens is 524 g/mol. The molecule has 0 aliphatic heterocycles. The van der Waals surface area contributed by atoms with Crippen molar-refractivity contribution in [2.24, 2.45) is 5.92 Å². The molecule has 37 heavy (non-hydrogen) atoms. The zero-order valence-corrected chi connectivity index (χ0v) is 26.6. The van der Waals surface area contributed by atoms with Gasteiger partial charge in [-0.05, 0) is 56.1 Å². The topological polar surface area (TPSA) is 27.7 Å². The van der Waals surface area contributed by atoms with Crippen LogP contribution in [0.3, 0.4) is 0 Å². The molecule has 2 atom stereocenters. The van der Waals surface area contributed by atoms with Crippen molar-refractivity contribution in [3.8, 4) is 0 Å². The number of aryl methyl sites for hydroxylation is 1. The van der Waals surface area contributed by atoms with Gasteiger partial charge in [0, 0.05) is 10.7 Å². The van der Waals surface area contributed by atoms with Crippen LogP contribution in [0.15, 0.2) is 24.3 Å². The van der Waals surface area contributed by atoms with Crippen LogP contribution in [-0.4, -0.2) is 25.8 Å². The normalized spacial score (nSPS) is 13.7. The highest BCUT2D eigenvalue weighted by molar-refractivity contribution is 9.09. The third-order valence-corrected chi connectivity index (χ3v) is 8.47. The molecule has 0 aliphatic carbocycles. The quantitative estimate of drug-likeness (QED) is 0.0651. The number of ether oxygens (including phenoxy) is 3. The molecule has 216 valence electrons. The number of hydrogen-bond donors (Lipinski definition) is 0. The molecular formula is C33H59BrO3. The van der Waals surface area contributed by atoms with E-state index < -0.39 is 5.97 Å². The van der Waals surface area contributed by atoms with Crippen LogP contribution < -0.4 is 0 Å². The fraction of sp³-hybridized carbons (Fsp3) is 0.818. The van der Waals surface area contributed by atoms with Gasteiger partial charge in [0.1, 0.15) is 0 Å². The van der Waals surface area contributed by atoms with Gasteiger partial charge in [-0.3, -0.25) is 0 Å². The average molecular weight is 584 g/mol. The Morgan fingerprint density at radius 2 is 1.11 bits per heavy atom. The molecule has 0 spiro atoms. The summed E-state index contributed by atoms with van der Waals surface area (Å²) in [6.07, 6.45) is 18.5. The summed E-state index contributed by atoms with van der Waals surface area (Å²) in [5.74, 6) is -0.699. The van der Waals surface area contributed by atoms with Gasteiger partial charge in [-0.15, -0.1) is 0 Å². The molecule has 2 unspecified atom stereocenters. The van der Waals surface area contributed by atoms with Gasteiger partial charge < -0.3 is 14.2 Å². The number of benzene rings is 1. The van der Waals surface area contributed by atoms with E-state index in [1.165, 1.54) is 49.7 Å². The van der Waals surface area contributed by atoms with Gasteiger partial charge in [-0.2, -0.15) is 0 Å². The van der Waals surface area contributed by atoms with Crippen LogP contribution >= 0.6 is 15.9 Å². The Kier molecular flexibility index (Phi) is 21.0. The molecule has 0 radical (unpaired) electrons. The summed E-state index contributed by atoms with van der Waals surface area (Å²) in [5, 5.41) is 0. The van der Waals surface area contributed by atoms with Crippen LogP contribution in [0.4, 0.5) is 0 Å². The lowest BCUT2D eigenvalue weighted by atomic mass is 9.90. The SMILES string of the molecule is CCCCCCCCC(CCc1ccc(C(Br)CC)cc1)C(OCCCC)(OCCCC)OCCCC. The van der Waals surface area contributed by atoms with E-state index in [2.05, 4.69) is 74.8 Å². The van der Waals surface area contributed by atoms with Crippen LogP contribution in [0.25, 0.3) is 0 Å². The molecule has 1 aromatic carbocycles. The Labute approximate surface area is 238 Å². The van der Waals surface area contributed by atoms with E-state index in [0.29, 0.717) is 24.6 Å². The average Bonchev–Trinajstić information content (AvgIpc) is 2.92. The molecule has 0 saturated carbocycles. The molecule has 0 aliphatic rings. The number of halogens is 1. The van der Waals surface area contributed by atoms with E-state index >= 15 is 0 Å². The summed E-state index contributed by atoms with van der Waals surface area (Å²) < 4.78 is 19.9. The maximum absolute atomic E-state index is 6.62. The van der Waals surface area contributed by atoms with Crippen LogP contribution in [0.2, 0.25) is 0 Å². The first-order valence-corrected chi connectivity index (χ1v) is 16.6. The van der Waals surface area contributed by atoms with Gasteiger partial charge in [0.05, 0.1) is 19.8 Å². The highest BCUT2D eigenvalue weighted by Crippen LogP contribution is 2.35. The van der Waals surface area contributed by atoms with Crippen LogP contribution in [0.1, 0.15) is 147 Å². The van der Waals surface area contributed by atoms with Gasteiger partial charge >= 0.3 is 0 Å². The zero-order valence-electron chi connectivity index (χ0n) is 25.0. The zero-order chi connectivity index (χ0) is 27.2. The van der Waals surface area contributed by atoms with Gasteiger partial charge in [-0.1, -0.05) is 133 Å². The van der Waals surface area contributed by atoms with Crippen molar-refractivity contribution < 1.29 is 14.2 Å². The monoisotopic (exact) mass is 582 g/mol. The van der Waals surface area contributed by atoms with Crippen LogP contribution in [-0.2, 0) is 20.6 Å². The van der Waals surface area contributed by atoms with Gasteiger partial charge in [0.25, 0.3) is 5.97 Å². The molecule has 0 heterocycles. The second kappa shape index (κ2) is 22.4. The van der Waals surface area contributed by atoms with Crippen molar-refractivity contribution >= 4 is 15.9 Å². The summed E-state index contributed by atoms with van der Waals surface area (Å²) in [6, 6.07) is 9.16. The molecule has 0 saturated heterocycles. The fourth-order valence-electron chi connectivity index (χ4n) is 4.69. The van der Waals surface area contributed by atoms with Crippen molar-refractivity contribution in [3.05, 3.63) is 35.4 Å². The molecule has 3 nitrogen and oxygen atoms in total. The van der Waals surface area contributed by atoms with E-state index in [1.807, 2.05) is 0 Å². The number of hydrogen-bond acceptors (Lipinski definition) is 3. The summed E-state index contributed by atoms with van der Waals surface area (Å²) >= 11 is 3.79. The van der Waals surface area contributed by atoms with E-state index in [9.17, 15) is 0 Å². The van der Waals surface area contributed by atoms with Crippen molar-refractivity contribution in [3.63, 3.8) is 0 Å². The van der Waals surface area contributed by atoms with Crippen molar-refractivity contribution in [1.29, 1.82) is 0 Å². The molecule has 0 bridgehead atoms. The second-order valence-electron chi connectivity index (χ2n) is 10.6. The molecule has 4 heteroatoms. The summed E-state index contributed by atoms with van der Waals surface area (Å²) in [5.41, 5.74) is 2.75. The van der Waals surface area contributed by atoms with Gasteiger partial charge in [0.15, 0.2) is 0 Å². The Balaban J connectivity index is 3.08.